The molecule has 3 aromatic rings. The molecule has 1 amide bonds. The van der Waals surface area contributed by atoms with Gasteiger partial charge >= 0.3 is 0 Å². The summed E-state index contributed by atoms with van der Waals surface area (Å²) in [4.78, 5) is 16.7. The molecule has 0 spiro atoms. The van der Waals surface area contributed by atoms with Gasteiger partial charge in [0.15, 0.2) is 5.65 Å². The van der Waals surface area contributed by atoms with Crippen LogP contribution in [0, 0.1) is 0 Å². The van der Waals surface area contributed by atoms with Gasteiger partial charge in [-0.05, 0) is 45.0 Å². The smallest absolute Gasteiger partial charge is 0.256 e. The molecule has 28 heavy (non-hydrogen) atoms. The number of carbonyl (C=O) groups is 1. The topological polar surface area (TPSA) is 115 Å². The minimum Gasteiger partial charge on any atom is -0.495 e. The molecule has 10 heteroatoms. The van der Waals surface area contributed by atoms with Gasteiger partial charge in [-0.3, -0.25) is 4.79 Å². The largest absolute Gasteiger partial charge is 0.495 e. The second kappa shape index (κ2) is 7.21. The molecule has 2 aromatic heterocycles. The lowest BCUT2D eigenvalue weighted by Gasteiger charge is -2.21. The Labute approximate surface area is 162 Å². The fraction of sp³-hybridized carbons (Fsp3) is 0.278. The molecule has 2 heterocycles. The van der Waals surface area contributed by atoms with Gasteiger partial charge in [-0.25, -0.2) is 18.1 Å². The van der Waals surface area contributed by atoms with Crippen LogP contribution < -0.4 is 14.8 Å². The van der Waals surface area contributed by atoms with Gasteiger partial charge in [0.1, 0.15) is 16.5 Å². The van der Waals surface area contributed by atoms with Gasteiger partial charge in [0, 0.05) is 23.4 Å². The third-order valence-electron chi connectivity index (χ3n) is 3.69. The summed E-state index contributed by atoms with van der Waals surface area (Å²) in [6, 6.07) is 7.52. The number of aromatic nitrogens is 3. The number of nitrogens with zero attached hydrogens (tertiary/aromatic N) is 3. The number of hydrogen-bond acceptors (Lipinski definition) is 6. The highest BCUT2D eigenvalue weighted by Gasteiger charge is 2.26. The van der Waals surface area contributed by atoms with Crippen LogP contribution in [0.2, 0.25) is 0 Å². The number of nitrogens with one attached hydrogen (secondary N) is 2. The van der Waals surface area contributed by atoms with E-state index in [9.17, 15) is 13.2 Å². The molecule has 2 N–H and O–H groups in total. The molecule has 0 unspecified atom stereocenters. The van der Waals surface area contributed by atoms with E-state index < -0.39 is 21.5 Å². The minimum atomic E-state index is -3.90. The monoisotopic (exact) mass is 403 g/mol. The van der Waals surface area contributed by atoms with Crippen LogP contribution >= 0.6 is 0 Å². The van der Waals surface area contributed by atoms with Crippen molar-refractivity contribution >= 4 is 27.4 Å². The number of hydrogen-bond donors (Lipinski definition) is 2. The molecule has 148 valence electrons. The molecule has 0 radical (unpaired) electrons. The van der Waals surface area contributed by atoms with E-state index in [0.717, 1.165) is 0 Å². The predicted molar refractivity (Wildman–Crippen MR) is 104 cm³/mol. The molecule has 1 aromatic carbocycles. The summed E-state index contributed by atoms with van der Waals surface area (Å²) in [6.07, 6.45) is 3.11. The molecule has 0 saturated carbocycles. The average Bonchev–Trinajstić information content (AvgIpc) is 3.09. The third-order valence-corrected chi connectivity index (χ3v) is 5.47. The SMILES string of the molecule is COc1ccc(C(=O)Nc2ccnc3ccnn23)cc1S(=O)(=O)NC(C)(C)C. The fourth-order valence-electron chi connectivity index (χ4n) is 2.60. The number of rotatable bonds is 5. The Morgan fingerprint density at radius 3 is 2.57 bits per heavy atom. The summed E-state index contributed by atoms with van der Waals surface area (Å²) >= 11 is 0. The minimum absolute atomic E-state index is 0.114. The van der Waals surface area contributed by atoms with E-state index in [2.05, 4.69) is 20.1 Å². The number of methoxy groups -OCH3 is 1. The maximum atomic E-state index is 12.8. The molecule has 0 saturated heterocycles. The van der Waals surface area contributed by atoms with Gasteiger partial charge in [0.2, 0.25) is 10.0 Å². The van der Waals surface area contributed by atoms with Crippen molar-refractivity contribution in [2.45, 2.75) is 31.2 Å². The first kappa shape index (κ1) is 19.8. The molecule has 0 atom stereocenters. The highest BCUT2D eigenvalue weighted by molar-refractivity contribution is 7.89. The zero-order chi connectivity index (χ0) is 20.5. The predicted octanol–water partition coefficient (Wildman–Crippen LogP) is 2.07. The Bertz CT molecular complexity index is 1130. The van der Waals surface area contributed by atoms with E-state index in [0.29, 0.717) is 11.5 Å². The van der Waals surface area contributed by atoms with Crippen molar-refractivity contribution in [1.29, 1.82) is 0 Å². The van der Waals surface area contributed by atoms with Crippen molar-refractivity contribution in [2.75, 3.05) is 12.4 Å². The molecule has 0 aliphatic carbocycles. The molecular formula is C18H21N5O4S. The third kappa shape index (κ3) is 4.12. The Kier molecular flexibility index (Phi) is 5.09. The Hall–Kier alpha value is -2.98. The van der Waals surface area contributed by atoms with Crippen molar-refractivity contribution < 1.29 is 17.9 Å². The normalized spacial score (nSPS) is 12.1. The van der Waals surface area contributed by atoms with E-state index >= 15 is 0 Å². The van der Waals surface area contributed by atoms with Gasteiger partial charge in [-0.1, -0.05) is 0 Å². The van der Waals surface area contributed by atoms with Crippen molar-refractivity contribution in [3.8, 4) is 5.75 Å². The van der Waals surface area contributed by atoms with Crippen LogP contribution in [0.3, 0.4) is 0 Å². The standard InChI is InChI=1S/C18H21N5O4S/c1-18(2,3)22-28(25,26)14-11-12(5-6-13(14)27-4)17(24)21-16-7-9-19-15-8-10-20-23(15)16/h5-11,22H,1-4H3,(H,21,24). The number of anilines is 1. The number of benzene rings is 1. The maximum absolute atomic E-state index is 12.8. The van der Waals surface area contributed by atoms with Crippen molar-refractivity contribution in [3.05, 3.63) is 48.3 Å². The van der Waals surface area contributed by atoms with Gasteiger partial charge in [0.05, 0.1) is 13.3 Å². The van der Waals surface area contributed by atoms with Crippen LogP contribution in [-0.2, 0) is 10.0 Å². The maximum Gasteiger partial charge on any atom is 0.256 e. The van der Waals surface area contributed by atoms with Crippen molar-refractivity contribution in [3.63, 3.8) is 0 Å². The molecule has 3 rings (SSSR count). The summed E-state index contributed by atoms with van der Waals surface area (Å²) in [6.45, 7) is 5.19. The van der Waals surface area contributed by atoms with Crippen LogP contribution in [0.1, 0.15) is 31.1 Å². The van der Waals surface area contributed by atoms with Crippen LogP contribution in [0.4, 0.5) is 5.82 Å². The van der Waals surface area contributed by atoms with Crippen LogP contribution in [0.25, 0.3) is 5.65 Å². The lowest BCUT2D eigenvalue weighted by Crippen LogP contribution is -2.40. The number of sulfonamides is 1. The van der Waals surface area contributed by atoms with E-state index in [-0.39, 0.29) is 16.2 Å². The fourth-order valence-corrected chi connectivity index (χ4v) is 4.22. The molecule has 0 aliphatic rings. The first-order valence-corrected chi connectivity index (χ1v) is 9.91. The zero-order valence-electron chi connectivity index (χ0n) is 15.9. The Morgan fingerprint density at radius 2 is 1.89 bits per heavy atom. The van der Waals surface area contributed by atoms with E-state index in [4.69, 9.17) is 4.74 Å². The molecule has 0 fully saturated rings. The zero-order valence-corrected chi connectivity index (χ0v) is 16.7. The number of amides is 1. The summed E-state index contributed by atoms with van der Waals surface area (Å²) in [5, 5.41) is 6.82. The lowest BCUT2D eigenvalue weighted by atomic mass is 10.1. The van der Waals surface area contributed by atoms with Crippen molar-refractivity contribution in [2.24, 2.45) is 0 Å². The van der Waals surface area contributed by atoms with E-state index in [1.807, 2.05) is 0 Å². The highest BCUT2D eigenvalue weighted by Crippen LogP contribution is 2.26. The molecular weight excluding hydrogens is 382 g/mol. The second-order valence-electron chi connectivity index (χ2n) is 7.11. The van der Waals surface area contributed by atoms with Gasteiger partial charge in [0.25, 0.3) is 5.91 Å². The molecule has 9 nitrogen and oxygen atoms in total. The summed E-state index contributed by atoms with van der Waals surface area (Å²) in [5.74, 6) is 0.0672. The quantitative estimate of drug-likeness (QED) is 0.674. The first-order chi connectivity index (χ1) is 13.1. The Morgan fingerprint density at radius 1 is 1.14 bits per heavy atom. The van der Waals surface area contributed by atoms with Gasteiger partial charge in [-0.15, -0.1) is 0 Å². The summed E-state index contributed by atoms with van der Waals surface area (Å²) in [7, 11) is -2.53. The number of carbonyl (C=O) groups excluding carboxylic acids is 1. The van der Waals surface area contributed by atoms with Crippen LogP contribution in [-0.4, -0.2) is 41.6 Å². The van der Waals surface area contributed by atoms with E-state index in [1.54, 1.807) is 45.3 Å². The number of fused-ring (bicyclic) bond motifs is 1. The summed E-state index contributed by atoms with van der Waals surface area (Å²) < 4.78 is 34.7. The van der Waals surface area contributed by atoms with Gasteiger partial charge in [-0.2, -0.15) is 9.61 Å². The van der Waals surface area contributed by atoms with Crippen LogP contribution in [0.15, 0.2) is 47.6 Å². The average molecular weight is 403 g/mol. The lowest BCUT2D eigenvalue weighted by molar-refractivity contribution is 0.102. The number of ether oxygens (including phenoxy) is 1. The van der Waals surface area contributed by atoms with Crippen LogP contribution in [0.5, 0.6) is 5.75 Å². The first-order valence-electron chi connectivity index (χ1n) is 8.43. The van der Waals surface area contributed by atoms with E-state index in [1.165, 1.54) is 29.8 Å². The highest BCUT2D eigenvalue weighted by atomic mass is 32.2. The van der Waals surface area contributed by atoms with Gasteiger partial charge < -0.3 is 10.1 Å². The second-order valence-corrected chi connectivity index (χ2v) is 8.76. The molecule has 0 bridgehead atoms. The van der Waals surface area contributed by atoms with Crippen molar-refractivity contribution in [1.82, 2.24) is 19.3 Å². The Balaban J connectivity index is 1.96. The molecule has 0 aliphatic heterocycles. The summed E-state index contributed by atoms with van der Waals surface area (Å²) in [5.41, 5.74) is 0.0440.